The molecule has 134 valence electrons. The topological polar surface area (TPSA) is 19.6 Å². The molecule has 0 spiro atoms. The van der Waals surface area contributed by atoms with Crippen LogP contribution in [-0.2, 0) is 13.1 Å². The molecule has 3 nitrogen and oxygen atoms in total. The highest BCUT2D eigenvalue weighted by Crippen LogP contribution is 2.35. The van der Waals surface area contributed by atoms with Crippen molar-refractivity contribution in [2.45, 2.75) is 31.8 Å². The average Bonchev–Trinajstić information content (AvgIpc) is 3.31. The zero-order chi connectivity index (χ0) is 17.5. The molecule has 5 rings (SSSR count). The Hall–Kier alpha value is -2.10. The first-order valence-corrected chi connectivity index (χ1v) is 9.76. The molecule has 0 N–H and O–H groups in total. The summed E-state index contributed by atoms with van der Waals surface area (Å²) in [4.78, 5) is 5.03. The molecule has 0 radical (unpaired) electrons. The molecule has 1 atom stereocenters. The molecule has 2 aliphatic heterocycles. The minimum absolute atomic E-state index is 0.434. The molecule has 1 unspecified atom stereocenters. The summed E-state index contributed by atoms with van der Waals surface area (Å²) < 4.78 is 5.51. The van der Waals surface area contributed by atoms with Gasteiger partial charge in [-0.3, -0.25) is 4.90 Å². The summed E-state index contributed by atoms with van der Waals surface area (Å²) in [5.74, 6) is 0.434. The van der Waals surface area contributed by atoms with Crippen molar-refractivity contribution in [1.29, 1.82) is 0 Å². The maximum absolute atomic E-state index is 5.51. The molecule has 0 bridgehead atoms. The zero-order valence-electron chi connectivity index (χ0n) is 15.4. The molecule has 3 heteroatoms. The van der Waals surface area contributed by atoms with Crippen molar-refractivity contribution in [3.05, 3.63) is 71.0 Å². The zero-order valence-corrected chi connectivity index (χ0v) is 15.4. The molecular formula is C23H26N2O. The number of furan rings is 1. The van der Waals surface area contributed by atoms with Gasteiger partial charge in [0, 0.05) is 30.9 Å². The molecule has 2 aromatic carbocycles. The maximum atomic E-state index is 5.51. The number of rotatable bonds is 3. The van der Waals surface area contributed by atoms with Crippen molar-refractivity contribution in [2.24, 2.45) is 0 Å². The minimum atomic E-state index is 0.434. The van der Waals surface area contributed by atoms with Crippen molar-refractivity contribution in [2.75, 3.05) is 26.7 Å². The highest BCUT2D eigenvalue weighted by Gasteiger charge is 2.25. The number of nitrogens with zero attached hydrogens (tertiary/aromatic N) is 2. The van der Waals surface area contributed by atoms with Crippen LogP contribution in [0, 0.1) is 0 Å². The Bertz CT molecular complexity index is 923. The highest BCUT2D eigenvalue weighted by molar-refractivity contribution is 5.78. The highest BCUT2D eigenvalue weighted by atomic mass is 16.3. The van der Waals surface area contributed by atoms with Crippen molar-refractivity contribution in [3.8, 4) is 0 Å². The number of benzene rings is 2. The Morgan fingerprint density at radius 1 is 1.04 bits per heavy atom. The van der Waals surface area contributed by atoms with E-state index in [2.05, 4.69) is 59.3 Å². The number of hydrogen-bond donors (Lipinski definition) is 0. The molecule has 0 amide bonds. The molecule has 3 heterocycles. The minimum Gasteiger partial charge on any atom is -0.464 e. The standard InChI is InChI=1S/C23H26N2O/c1-24-15-20-12-17(14-25-9-2-3-10-25)4-6-21(20)22(16-24)18-5-7-23-19(13-18)8-11-26-23/h4-8,11-13,22H,2-3,9-10,14-16H2,1H3. The van der Waals surface area contributed by atoms with E-state index in [9.17, 15) is 0 Å². The Labute approximate surface area is 155 Å². The van der Waals surface area contributed by atoms with Crippen LogP contribution < -0.4 is 0 Å². The number of fused-ring (bicyclic) bond motifs is 2. The second-order valence-corrected chi connectivity index (χ2v) is 7.98. The van der Waals surface area contributed by atoms with Crippen LogP contribution in [0.1, 0.15) is 41.0 Å². The van der Waals surface area contributed by atoms with E-state index >= 15 is 0 Å². The van der Waals surface area contributed by atoms with Crippen molar-refractivity contribution >= 4 is 11.0 Å². The second kappa shape index (κ2) is 6.57. The van der Waals surface area contributed by atoms with Gasteiger partial charge in [0.05, 0.1) is 6.26 Å². The van der Waals surface area contributed by atoms with E-state index in [0.29, 0.717) is 5.92 Å². The fraction of sp³-hybridized carbons (Fsp3) is 0.391. The molecule has 0 aliphatic carbocycles. The first kappa shape index (κ1) is 16.1. The smallest absolute Gasteiger partial charge is 0.133 e. The number of likely N-dealkylation sites (N-methyl/N-ethyl adjacent to an activating group) is 1. The van der Waals surface area contributed by atoms with Gasteiger partial charge in [0.2, 0.25) is 0 Å². The Kier molecular flexibility index (Phi) is 4.07. The lowest BCUT2D eigenvalue weighted by Gasteiger charge is -2.33. The lowest BCUT2D eigenvalue weighted by molar-refractivity contribution is 0.294. The van der Waals surface area contributed by atoms with Gasteiger partial charge in [-0.05, 0) is 73.4 Å². The number of likely N-dealkylation sites (tertiary alicyclic amines) is 1. The van der Waals surface area contributed by atoms with Crippen LogP contribution in [0.25, 0.3) is 11.0 Å². The third kappa shape index (κ3) is 2.95. The van der Waals surface area contributed by atoms with Crippen LogP contribution in [0.15, 0.2) is 53.1 Å². The lowest BCUT2D eigenvalue weighted by Crippen LogP contribution is -2.31. The number of hydrogen-bond acceptors (Lipinski definition) is 3. The molecule has 0 saturated carbocycles. The first-order valence-electron chi connectivity index (χ1n) is 9.76. The predicted octanol–water partition coefficient (Wildman–Crippen LogP) is 4.61. The van der Waals surface area contributed by atoms with Crippen LogP contribution in [0.5, 0.6) is 0 Å². The monoisotopic (exact) mass is 346 g/mol. The molecule has 2 aliphatic rings. The van der Waals surface area contributed by atoms with Gasteiger partial charge in [0.1, 0.15) is 5.58 Å². The van der Waals surface area contributed by atoms with Crippen LogP contribution in [0.3, 0.4) is 0 Å². The van der Waals surface area contributed by atoms with Crippen LogP contribution in [0.4, 0.5) is 0 Å². The van der Waals surface area contributed by atoms with E-state index in [4.69, 9.17) is 4.42 Å². The van der Waals surface area contributed by atoms with Crippen LogP contribution in [0.2, 0.25) is 0 Å². The SMILES string of the molecule is CN1Cc2cc(CN3CCCC3)ccc2C(c2ccc3occc3c2)C1. The summed E-state index contributed by atoms with van der Waals surface area (Å²) in [6, 6.07) is 15.9. The summed E-state index contributed by atoms with van der Waals surface area (Å²) in [7, 11) is 2.24. The van der Waals surface area contributed by atoms with Gasteiger partial charge in [0.15, 0.2) is 0 Å². The molecule has 1 saturated heterocycles. The van der Waals surface area contributed by atoms with Crippen molar-refractivity contribution < 1.29 is 4.42 Å². The lowest BCUT2D eigenvalue weighted by atomic mass is 9.84. The molecule has 1 fully saturated rings. The third-order valence-electron chi connectivity index (χ3n) is 6.00. The largest absolute Gasteiger partial charge is 0.464 e. The fourth-order valence-corrected chi connectivity index (χ4v) is 4.69. The van der Waals surface area contributed by atoms with Gasteiger partial charge in [-0.25, -0.2) is 0 Å². The fourth-order valence-electron chi connectivity index (χ4n) is 4.69. The summed E-state index contributed by atoms with van der Waals surface area (Å²) in [5.41, 5.74) is 6.81. The van der Waals surface area contributed by atoms with Gasteiger partial charge in [-0.2, -0.15) is 0 Å². The Balaban J connectivity index is 1.48. The Morgan fingerprint density at radius 2 is 1.92 bits per heavy atom. The molecule has 1 aromatic heterocycles. The van der Waals surface area contributed by atoms with E-state index in [1.807, 2.05) is 0 Å². The van der Waals surface area contributed by atoms with Crippen LogP contribution >= 0.6 is 0 Å². The van der Waals surface area contributed by atoms with Gasteiger partial charge >= 0.3 is 0 Å². The van der Waals surface area contributed by atoms with Gasteiger partial charge in [-0.1, -0.05) is 24.3 Å². The van der Waals surface area contributed by atoms with Gasteiger partial charge in [0.25, 0.3) is 0 Å². The van der Waals surface area contributed by atoms with E-state index in [1.54, 1.807) is 6.26 Å². The molecule has 26 heavy (non-hydrogen) atoms. The van der Waals surface area contributed by atoms with E-state index < -0.39 is 0 Å². The predicted molar refractivity (Wildman–Crippen MR) is 105 cm³/mol. The maximum Gasteiger partial charge on any atom is 0.133 e. The summed E-state index contributed by atoms with van der Waals surface area (Å²) in [6.45, 7) is 5.73. The summed E-state index contributed by atoms with van der Waals surface area (Å²) in [5, 5.41) is 1.20. The van der Waals surface area contributed by atoms with Crippen molar-refractivity contribution in [3.63, 3.8) is 0 Å². The molecule has 3 aromatic rings. The second-order valence-electron chi connectivity index (χ2n) is 7.98. The van der Waals surface area contributed by atoms with Gasteiger partial charge in [-0.15, -0.1) is 0 Å². The average molecular weight is 346 g/mol. The molecular weight excluding hydrogens is 320 g/mol. The summed E-state index contributed by atoms with van der Waals surface area (Å²) >= 11 is 0. The van der Waals surface area contributed by atoms with Gasteiger partial charge < -0.3 is 9.32 Å². The Morgan fingerprint density at radius 3 is 2.81 bits per heavy atom. The quantitative estimate of drug-likeness (QED) is 0.691. The van der Waals surface area contributed by atoms with Crippen molar-refractivity contribution in [1.82, 2.24) is 9.80 Å². The van der Waals surface area contributed by atoms with Crippen LogP contribution in [-0.4, -0.2) is 36.5 Å². The summed E-state index contributed by atoms with van der Waals surface area (Å²) in [6.07, 6.45) is 4.48. The van der Waals surface area contributed by atoms with E-state index in [0.717, 1.165) is 25.2 Å². The first-order chi connectivity index (χ1) is 12.8. The van der Waals surface area contributed by atoms with E-state index in [1.165, 1.54) is 53.6 Å². The normalized spacial score (nSPS) is 21.3. The third-order valence-corrected chi connectivity index (χ3v) is 6.00. The van der Waals surface area contributed by atoms with E-state index in [-0.39, 0.29) is 0 Å².